The quantitative estimate of drug-likeness (QED) is 0.505. The Morgan fingerprint density at radius 2 is 1.88 bits per heavy atom. The molecule has 1 aliphatic rings. The number of aromatic nitrogens is 2. The zero-order valence-electron chi connectivity index (χ0n) is 18.8. The second-order valence-electron chi connectivity index (χ2n) is 8.35. The Kier molecular flexibility index (Phi) is 7.47. The van der Waals surface area contributed by atoms with Gasteiger partial charge in [-0.2, -0.15) is 0 Å². The largest absolute Gasteiger partial charge is 0.493 e. The molecule has 1 aromatic heterocycles. The molecule has 1 fully saturated rings. The molecule has 33 heavy (non-hydrogen) atoms. The van der Waals surface area contributed by atoms with Crippen LogP contribution in [0.3, 0.4) is 0 Å². The van der Waals surface area contributed by atoms with E-state index in [2.05, 4.69) is 9.88 Å². The highest BCUT2D eigenvalue weighted by Crippen LogP contribution is 2.30. The number of hydrogen-bond acceptors (Lipinski definition) is 6. The lowest BCUT2D eigenvalue weighted by molar-refractivity contribution is -0.0543. The summed E-state index contributed by atoms with van der Waals surface area (Å²) in [5, 5.41) is 10.9. The minimum absolute atomic E-state index is 0.0840. The van der Waals surface area contributed by atoms with E-state index < -0.39 is 11.4 Å². The molecule has 0 radical (unpaired) electrons. The topological polar surface area (TPSA) is 69.0 Å². The summed E-state index contributed by atoms with van der Waals surface area (Å²) in [6.07, 6.45) is 6.53. The summed E-state index contributed by atoms with van der Waals surface area (Å²) >= 11 is 0. The lowest BCUT2D eigenvalue weighted by Gasteiger charge is -2.38. The van der Waals surface area contributed by atoms with Crippen LogP contribution in [0.1, 0.15) is 18.4 Å². The molecule has 0 amide bonds. The molecule has 7 nitrogen and oxygen atoms in total. The lowest BCUT2D eigenvalue weighted by Crippen LogP contribution is -2.47. The van der Waals surface area contributed by atoms with Gasteiger partial charge in [-0.15, -0.1) is 0 Å². The van der Waals surface area contributed by atoms with Gasteiger partial charge < -0.3 is 23.9 Å². The number of aliphatic hydroxyl groups is 1. The molecule has 0 spiro atoms. The Balaban J connectivity index is 1.26. The van der Waals surface area contributed by atoms with Gasteiger partial charge in [0.1, 0.15) is 18.8 Å². The normalized spacial score (nSPS) is 15.8. The molecule has 1 saturated heterocycles. The smallest absolute Gasteiger partial charge is 0.165 e. The maximum atomic E-state index is 13.8. The maximum absolute atomic E-state index is 13.8. The van der Waals surface area contributed by atoms with Gasteiger partial charge in [0.15, 0.2) is 23.1 Å². The van der Waals surface area contributed by atoms with Gasteiger partial charge in [0.2, 0.25) is 0 Å². The van der Waals surface area contributed by atoms with Crippen LogP contribution < -0.4 is 14.2 Å². The summed E-state index contributed by atoms with van der Waals surface area (Å²) in [5.41, 5.74) is 0.158. The minimum Gasteiger partial charge on any atom is -0.493 e. The summed E-state index contributed by atoms with van der Waals surface area (Å²) < 4.78 is 32.7. The predicted octanol–water partition coefficient (Wildman–Crippen LogP) is 3.52. The summed E-state index contributed by atoms with van der Waals surface area (Å²) in [6, 6.07) is 12.2. The van der Waals surface area contributed by atoms with Crippen LogP contribution in [-0.4, -0.2) is 58.6 Å². The van der Waals surface area contributed by atoms with Crippen LogP contribution in [-0.2, 0) is 13.1 Å². The second kappa shape index (κ2) is 10.7. The van der Waals surface area contributed by atoms with E-state index in [9.17, 15) is 9.50 Å². The first-order valence-electron chi connectivity index (χ1n) is 11.1. The number of hydrogen-bond donors (Lipinski definition) is 1. The predicted molar refractivity (Wildman–Crippen MR) is 122 cm³/mol. The Hall–Kier alpha value is -3.10. The maximum Gasteiger partial charge on any atom is 0.165 e. The van der Waals surface area contributed by atoms with Gasteiger partial charge >= 0.3 is 0 Å². The summed E-state index contributed by atoms with van der Waals surface area (Å²) in [6.45, 7) is 3.51. The third-order valence-electron chi connectivity index (χ3n) is 5.92. The SMILES string of the molecule is COc1cc(CN2CCC(O)(COc3ccccc3F)CC2)ccc1OCCn1ccnc1. The van der Waals surface area contributed by atoms with Gasteiger partial charge in [0.25, 0.3) is 0 Å². The van der Waals surface area contributed by atoms with Crippen LogP contribution in [0.15, 0.2) is 61.2 Å². The Morgan fingerprint density at radius 3 is 2.61 bits per heavy atom. The number of ether oxygens (including phenoxy) is 3. The highest BCUT2D eigenvalue weighted by atomic mass is 19.1. The van der Waals surface area contributed by atoms with Crippen molar-refractivity contribution in [3.63, 3.8) is 0 Å². The first-order valence-corrected chi connectivity index (χ1v) is 11.1. The molecule has 0 aliphatic carbocycles. The molecule has 4 rings (SSSR count). The number of likely N-dealkylation sites (tertiary alicyclic amines) is 1. The molecule has 2 heterocycles. The molecule has 2 aromatic carbocycles. The van der Waals surface area contributed by atoms with Crippen molar-refractivity contribution in [3.8, 4) is 17.2 Å². The Bertz CT molecular complexity index is 1020. The van der Waals surface area contributed by atoms with E-state index in [-0.39, 0.29) is 12.4 Å². The summed E-state index contributed by atoms with van der Waals surface area (Å²) in [4.78, 5) is 6.31. The zero-order chi connectivity index (χ0) is 23.1. The zero-order valence-corrected chi connectivity index (χ0v) is 18.8. The van der Waals surface area contributed by atoms with Crippen molar-refractivity contribution in [1.82, 2.24) is 14.5 Å². The third-order valence-corrected chi connectivity index (χ3v) is 5.92. The van der Waals surface area contributed by atoms with Crippen molar-refractivity contribution >= 4 is 0 Å². The first-order chi connectivity index (χ1) is 16.0. The van der Waals surface area contributed by atoms with Crippen LogP contribution in [0, 0.1) is 5.82 Å². The molecule has 0 unspecified atom stereocenters. The van der Waals surface area contributed by atoms with E-state index in [1.165, 1.54) is 6.07 Å². The molecule has 0 bridgehead atoms. The number of imidazole rings is 1. The molecule has 1 aliphatic heterocycles. The fourth-order valence-corrected chi connectivity index (χ4v) is 3.91. The van der Waals surface area contributed by atoms with Gasteiger partial charge in [-0.1, -0.05) is 18.2 Å². The van der Waals surface area contributed by atoms with Crippen molar-refractivity contribution in [2.24, 2.45) is 0 Å². The lowest BCUT2D eigenvalue weighted by atomic mass is 9.92. The van der Waals surface area contributed by atoms with Gasteiger partial charge in [-0.25, -0.2) is 9.37 Å². The number of rotatable bonds is 10. The molecule has 1 N–H and O–H groups in total. The molecule has 0 atom stereocenters. The van der Waals surface area contributed by atoms with Crippen LogP contribution in [0.2, 0.25) is 0 Å². The number of para-hydroxylation sites is 1. The second-order valence-corrected chi connectivity index (χ2v) is 8.35. The van der Waals surface area contributed by atoms with E-state index in [0.717, 1.165) is 25.2 Å². The van der Waals surface area contributed by atoms with Crippen molar-refractivity contribution in [2.45, 2.75) is 31.5 Å². The summed E-state index contributed by atoms with van der Waals surface area (Å²) in [7, 11) is 1.64. The van der Waals surface area contributed by atoms with Crippen LogP contribution >= 0.6 is 0 Å². The number of halogens is 1. The monoisotopic (exact) mass is 455 g/mol. The molecule has 0 saturated carbocycles. The van der Waals surface area contributed by atoms with Crippen LogP contribution in [0.5, 0.6) is 17.2 Å². The van der Waals surface area contributed by atoms with Crippen molar-refractivity contribution < 1.29 is 23.7 Å². The standard InChI is InChI=1S/C25H30FN3O4/c1-31-24-16-20(6-7-23(24)32-15-14-29-13-10-27-19-29)17-28-11-8-25(30,9-12-28)18-33-22-5-3-2-4-21(22)26/h2-7,10,13,16,19,30H,8-9,11-12,14-15,17-18H2,1H3. The van der Waals surface area contributed by atoms with Crippen molar-refractivity contribution in [1.29, 1.82) is 0 Å². The van der Waals surface area contributed by atoms with Crippen molar-refractivity contribution in [2.75, 3.05) is 33.4 Å². The fraction of sp³-hybridized carbons (Fsp3) is 0.400. The van der Waals surface area contributed by atoms with Gasteiger partial charge in [0.05, 0.1) is 20.0 Å². The molecular weight excluding hydrogens is 425 g/mol. The molecule has 176 valence electrons. The van der Waals surface area contributed by atoms with E-state index in [0.29, 0.717) is 37.5 Å². The summed E-state index contributed by atoms with van der Waals surface area (Å²) in [5.74, 6) is 1.17. The Morgan fingerprint density at radius 1 is 1.06 bits per heavy atom. The number of piperidine rings is 1. The van der Waals surface area contributed by atoms with E-state index in [4.69, 9.17) is 14.2 Å². The van der Waals surface area contributed by atoms with E-state index in [1.54, 1.807) is 37.8 Å². The van der Waals surface area contributed by atoms with E-state index in [1.807, 2.05) is 29.0 Å². The van der Waals surface area contributed by atoms with Crippen LogP contribution in [0.4, 0.5) is 4.39 Å². The van der Waals surface area contributed by atoms with Crippen molar-refractivity contribution in [3.05, 3.63) is 72.6 Å². The van der Waals surface area contributed by atoms with E-state index >= 15 is 0 Å². The third kappa shape index (κ3) is 6.24. The van der Waals surface area contributed by atoms with Crippen LogP contribution in [0.25, 0.3) is 0 Å². The highest BCUT2D eigenvalue weighted by Gasteiger charge is 2.33. The van der Waals surface area contributed by atoms with Gasteiger partial charge in [0, 0.05) is 32.0 Å². The van der Waals surface area contributed by atoms with Gasteiger partial charge in [-0.05, 0) is 42.7 Å². The first kappa shape index (κ1) is 23.1. The minimum atomic E-state index is -0.955. The number of benzene rings is 2. The highest BCUT2D eigenvalue weighted by molar-refractivity contribution is 5.43. The average Bonchev–Trinajstić information content (AvgIpc) is 3.35. The Labute approximate surface area is 193 Å². The van der Waals surface area contributed by atoms with Gasteiger partial charge in [-0.3, -0.25) is 4.90 Å². The molecule has 8 heteroatoms. The molecule has 3 aromatic rings. The number of methoxy groups -OCH3 is 1. The fourth-order valence-electron chi connectivity index (χ4n) is 3.91. The average molecular weight is 456 g/mol. The molecular formula is C25H30FN3O4. The number of nitrogens with zero attached hydrogens (tertiary/aromatic N) is 3.